The highest BCUT2D eigenvalue weighted by Gasteiger charge is 2.21. The molecular weight excluding hydrogens is 252 g/mol. The Balaban J connectivity index is 1.66. The molecule has 0 saturated heterocycles. The Morgan fingerprint density at radius 2 is 2.15 bits per heavy atom. The number of aromatic nitrogens is 3. The van der Waals surface area contributed by atoms with E-state index in [0.717, 1.165) is 30.2 Å². The maximum atomic E-state index is 5.67. The van der Waals surface area contributed by atoms with Gasteiger partial charge in [0.15, 0.2) is 5.65 Å². The molecule has 0 aliphatic carbocycles. The molecule has 100 valence electrons. The lowest BCUT2D eigenvalue weighted by Crippen LogP contribution is -2.20. The van der Waals surface area contributed by atoms with E-state index in [1.54, 1.807) is 10.7 Å². The second kappa shape index (κ2) is 4.52. The highest BCUT2D eigenvalue weighted by Crippen LogP contribution is 2.33. The first kappa shape index (κ1) is 11.3. The third-order valence-corrected chi connectivity index (χ3v) is 3.54. The van der Waals surface area contributed by atoms with Crippen molar-refractivity contribution in [3.63, 3.8) is 0 Å². The van der Waals surface area contributed by atoms with Gasteiger partial charge < -0.3 is 10.1 Å². The van der Waals surface area contributed by atoms with Crippen LogP contribution in [0.3, 0.4) is 0 Å². The van der Waals surface area contributed by atoms with Gasteiger partial charge in [0.05, 0.1) is 18.8 Å². The first-order chi connectivity index (χ1) is 9.90. The molecule has 1 aliphatic rings. The summed E-state index contributed by atoms with van der Waals surface area (Å²) < 4.78 is 7.43. The molecule has 1 aliphatic heterocycles. The summed E-state index contributed by atoms with van der Waals surface area (Å²) in [5.74, 6) is 1.82. The van der Waals surface area contributed by atoms with Crippen LogP contribution in [0.1, 0.15) is 18.0 Å². The molecule has 5 nitrogen and oxygen atoms in total. The van der Waals surface area contributed by atoms with E-state index in [1.807, 2.05) is 36.5 Å². The second-order valence-corrected chi connectivity index (χ2v) is 4.82. The standard InChI is InChI=1S/C15H14N4O/c1-2-4-13-11(3-1)12(7-10-20-13)17-14-6-9-19-15(18-14)5-8-16-19/h1-6,8-9,12H,7,10H2,(H,17,18). The quantitative estimate of drug-likeness (QED) is 0.774. The Kier molecular flexibility index (Phi) is 2.55. The summed E-state index contributed by atoms with van der Waals surface area (Å²) in [6.45, 7) is 0.726. The van der Waals surface area contributed by atoms with Gasteiger partial charge in [0, 0.05) is 24.2 Å². The van der Waals surface area contributed by atoms with E-state index in [0.29, 0.717) is 0 Å². The summed E-state index contributed by atoms with van der Waals surface area (Å²) >= 11 is 0. The summed E-state index contributed by atoms with van der Waals surface area (Å²) in [5.41, 5.74) is 2.03. The fraction of sp³-hybridized carbons (Fsp3) is 0.200. The number of rotatable bonds is 2. The van der Waals surface area contributed by atoms with Crippen molar-refractivity contribution < 1.29 is 4.74 Å². The SMILES string of the molecule is c1ccc2c(c1)OCCC2Nc1ccn2nccc2n1. The topological polar surface area (TPSA) is 51.5 Å². The van der Waals surface area contributed by atoms with E-state index >= 15 is 0 Å². The first-order valence-electron chi connectivity index (χ1n) is 6.69. The first-order valence-corrected chi connectivity index (χ1v) is 6.69. The maximum Gasteiger partial charge on any atom is 0.157 e. The minimum atomic E-state index is 0.234. The van der Waals surface area contributed by atoms with Crippen molar-refractivity contribution in [3.05, 3.63) is 54.4 Å². The zero-order chi connectivity index (χ0) is 13.4. The highest BCUT2D eigenvalue weighted by molar-refractivity contribution is 5.48. The van der Waals surface area contributed by atoms with Crippen molar-refractivity contribution in [1.29, 1.82) is 0 Å². The number of fused-ring (bicyclic) bond motifs is 2. The van der Waals surface area contributed by atoms with Gasteiger partial charge in [0.2, 0.25) is 0 Å². The lowest BCUT2D eigenvalue weighted by molar-refractivity contribution is 0.274. The van der Waals surface area contributed by atoms with Crippen LogP contribution in [-0.4, -0.2) is 21.2 Å². The van der Waals surface area contributed by atoms with E-state index in [1.165, 1.54) is 5.56 Å². The molecule has 0 amide bonds. The highest BCUT2D eigenvalue weighted by atomic mass is 16.5. The number of ether oxygens (including phenoxy) is 1. The van der Waals surface area contributed by atoms with Gasteiger partial charge >= 0.3 is 0 Å². The molecule has 4 rings (SSSR count). The average molecular weight is 266 g/mol. The molecule has 1 unspecified atom stereocenters. The van der Waals surface area contributed by atoms with E-state index in [2.05, 4.69) is 21.5 Å². The Bertz CT molecular complexity index is 752. The normalized spacial score (nSPS) is 17.5. The van der Waals surface area contributed by atoms with Crippen LogP contribution in [0.4, 0.5) is 5.82 Å². The Morgan fingerprint density at radius 1 is 1.20 bits per heavy atom. The number of hydrogen-bond donors (Lipinski definition) is 1. The predicted molar refractivity (Wildman–Crippen MR) is 75.9 cm³/mol. The average Bonchev–Trinajstić information content (AvgIpc) is 2.95. The molecule has 0 fully saturated rings. The minimum absolute atomic E-state index is 0.234. The summed E-state index contributed by atoms with van der Waals surface area (Å²) in [5, 5.41) is 7.64. The minimum Gasteiger partial charge on any atom is -0.493 e. The smallest absolute Gasteiger partial charge is 0.157 e. The summed E-state index contributed by atoms with van der Waals surface area (Å²) in [7, 11) is 0. The monoisotopic (exact) mass is 266 g/mol. The molecule has 1 N–H and O–H groups in total. The largest absolute Gasteiger partial charge is 0.493 e. The van der Waals surface area contributed by atoms with Gasteiger partial charge in [0.25, 0.3) is 0 Å². The Hall–Kier alpha value is -2.56. The molecule has 0 saturated carbocycles. The van der Waals surface area contributed by atoms with Gasteiger partial charge in [-0.25, -0.2) is 9.50 Å². The van der Waals surface area contributed by atoms with Crippen LogP contribution in [0.15, 0.2) is 48.8 Å². The number of nitrogens with zero attached hydrogens (tertiary/aromatic N) is 3. The number of anilines is 1. The molecule has 1 aromatic carbocycles. The molecule has 3 heterocycles. The van der Waals surface area contributed by atoms with Crippen molar-refractivity contribution in [1.82, 2.24) is 14.6 Å². The molecule has 20 heavy (non-hydrogen) atoms. The number of nitrogens with one attached hydrogen (secondary N) is 1. The predicted octanol–water partition coefficient (Wildman–Crippen LogP) is 2.67. The molecule has 2 aromatic heterocycles. The maximum absolute atomic E-state index is 5.67. The third-order valence-electron chi connectivity index (χ3n) is 3.54. The van der Waals surface area contributed by atoms with Gasteiger partial charge in [0.1, 0.15) is 11.6 Å². The van der Waals surface area contributed by atoms with Crippen LogP contribution in [0.5, 0.6) is 5.75 Å². The van der Waals surface area contributed by atoms with E-state index < -0.39 is 0 Å². The van der Waals surface area contributed by atoms with E-state index in [4.69, 9.17) is 4.74 Å². The fourth-order valence-corrected chi connectivity index (χ4v) is 2.56. The van der Waals surface area contributed by atoms with Crippen LogP contribution >= 0.6 is 0 Å². The molecule has 1 atom stereocenters. The lowest BCUT2D eigenvalue weighted by Gasteiger charge is -2.27. The second-order valence-electron chi connectivity index (χ2n) is 4.82. The third kappa shape index (κ3) is 1.87. The Morgan fingerprint density at radius 3 is 3.15 bits per heavy atom. The fourth-order valence-electron chi connectivity index (χ4n) is 2.56. The van der Waals surface area contributed by atoms with E-state index in [-0.39, 0.29) is 6.04 Å². The van der Waals surface area contributed by atoms with Gasteiger partial charge in [-0.2, -0.15) is 5.10 Å². The van der Waals surface area contributed by atoms with Crippen molar-refractivity contribution in [2.45, 2.75) is 12.5 Å². The van der Waals surface area contributed by atoms with Gasteiger partial charge in [-0.15, -0.1) is 0 Å². The molecule has 0 radical (unpaired) electrons. The number of para-hydroxylation sites is 1. The number of hydrogen-bond acceptors (Lipinski definition) is 4. The summed E-state index contributed by atoms with van der Waals surface area (Å²) in [4.78, 5) is 4.55. The molecule has 3 aromatic rings. The zero-order valence-electron chi connectivity index (χ0n) is 10.9. The lowest BCUT2D eigenvalue weighted by atomic mass is 10.0. The van der Waals surface area contributed by atoms with Gasteiger partial charge in [-0.3, -0.25) is 0 Å². The van der Waals surface area contributed by atoms with Crippen LogP contribution in [0.25, 0.3) is 5.65 Å². The Labute approximate surface area is 116 Å². The van der Waals surface area contributed by atoms with Gasteiger partial charge in [-0.05, 0) is 12.1 Å². The van der Waals surface area contributed by atoms with Crippen LogP contribution in [-0.2, 0) is 0 Å². The van der Waals surface area contributed by atoms with Crippen LogP contribution < -0.4 is 10.1 Å². The van der Waals surface area contributed by atoms with Crippen molar-refractivity contribution >= 4 is 11.5 Å². The molecule has 5 heteroatoms. The molecular formula is C15H14N4O. The van der Waals surface area contributed by atoms with Gasteiger partial charge in [-0.1, -0.05) is 18.2 Å². The summed E-state index contributed by atoms with van der Waals surface area (Å²) in [6, 6.07) is 12.2. The molecule has 0 bridgehead atoms. The van der Waals surface area contributed by atoms with Crippen molar-refractivity contribution in [2.24, 2.45) is 0 Å². The van der Waals surface area contributed by atoms with Crippen LogP contribution in [0, 0.1) is 0 Å². The number of benzene rings is 1. The zero-order valence-corrected chi connectivity index (χ0v) is 10.9. The van der Waals surface area contributed by atoms with Crippen molar-refractivity contribution in [2.75, 3.05) is 11.9 Å². The van der Waals surface area contributed by atoms with Crippen LogP contribution in [0.2, 0.25) is 0 Å². The molecule has 0 spiro atoms. The summed E-state index contributed by atoms with van der Waals surface area (Å²) in [6.07, 6.45) is 4.59. The van der Waals surface area contributed by atoms with E-state index in [9.17, 15) is 0 Å². The van der Waals surface area contributed by atoms with Crippen molar-refractivity contribution in [3.8, 4) is 5.75 Å².